The molecule has 1 fully saturated rings. The Hall–Kier alpha value is -2.93. The third-order valence-electron chi connectivity index (χ3n) is 5.94. The molecule has 1 saturated heterocycles. The highest BCUT2D eigenvalue weighted by atomic mass is 32.2. The van der Waals surface area contributed by atoms with Crippen LogP contribution in [-0.4, -0.2) is 34.1 Å². The van der Waals surface area contributed by atoms with Crippen molar-refractivity contribution in [2.24, 2.45) is 7.05 Å². The van der Waals surface area contributed by atoms with Gasteiger partial charge in [0.25, 0.3) is 5.56 Å². The third-order valence-corrected chi connectivity index (χ3v) is 7.15. The molecule has 2 heterocycles. The third kappa shape index (κ3) is 3.67. The first-order chi connectivity index (χ1) is 15.0. The molecular weight excluding hydrogens is 408 g/mol. The van der Waals surface area contributed by atoms with E-state index < -0.39 is 0 Å². The van der Waals surface area contributed by atoms with E-state index in [2.05, 4.69) is 43.0 Å². The van der Waals surface area contributed by atoms with Crippen LogP contribution < -0.4 is 15.4 Å². The predicted molar refractivity (Wildman–Crippen MR) is 128 cm³/mol. The van der Waals surface area contributed by atoms with Gasteiger partial charge in [-0.1, -0.05) is 30.3 Å². The maximum atomic E-state index is 13.5. The van der Waals surface area contributed by atoms with Crippen molar-refractivity contribution < 1.29 is 4.79 Å². The van der Waals surface area contributed by atoms with Gasteiger partial charge in [-0.3, -0.25) is 19.2 Å². The van der Waals surface area contributed by atoms with Crippen molar-refractivity contribution in [2.45, 2.75) is 26.1 Å². The molecule has 0 bridgehead atoms. The fourth-order valence-electron chi connectivity index (χ4n) is 4.18. The Balaban J connectivity index is 1.75. The van der Waals surface area contributed by atoms with E-state index in [1.165, 1.54) is 0 Å². The predicted octanol–water partition coefficient (Wildman–Crippen LogP) is 4.11. The first-order valence-electron chi connectivity index (χ1n) is 10.6. The highest BCUT2D eigenvalue weighted by Gasteiger charge is 2.38. The number of amides is 1. The summed E-state index contributed by atoms with van der Waals surface area (Å²) in [5, 5.41) is -0.212. The van der Waals surface area contributed by atoms with Gasteiger partial charge >= 0.3 is 0 Å². The highest BCUT2D eigenvalue weighted by Crippen LogP contribution is 2.42. The molecule has 1 atom stereocenters. The average Bonchev–Trinajstić information content (AvgIpc) is 3.26. The van der Waals surface area contributed by atoms with Gasteiger partial charge in [0.2, 0.25) is 5.91 Å². The molecule has 1 aliphatic heterocycles. The largest absolute Gasteiger partial charge is 0.372 e. The van der Waals surface area contributed by atoms with Crippen LogP contribution in [0.15, 0.2) is 59.4 Å². The first kappa shape index (κ1) is 21.3. The van der Waals surface area contributed by atoms with Gasteiger partial charge in [0, 0.05) is 25.8 Å². The molecule has 162 valence electrons. The van der Waals surface area contributed by atoms with Crippen LogP contribution in [0.2, 0.25) is 0 Å². The molecule has 0 unspecified atom stereocenters. The second-order valence-corrected chi connectivity index (χ2v) is 8.67. The molecule has 0 saturated carbocycles. The Bertz CT molecular complexity index is 1130. The van der Waals surface area contributed by atoms with Gasteiger partial charge in [0.1, 0.15) is 11.1 Å². The maximum absolute atomic E-state index is 13.5. The zero-order valence-electron chi connectivity index (χ0n) is 18.4. The van der Waals surface area contributed by atoms with E-state index >= 15 is 0 Å². The number of nitrogens with zero attached hydrogens (tertiary/aromatic N) is 4. The smallest absolute Gasteiger partial charge is 0.295 e. The number of para-hydroxylation sites is 1. The van der Waals surface area contributed by atoms with Crippen molar-refractivity contribution in [3.63, 3.8) is 0 Å². The normalized spacial score (nSPS) is 16.2. The number of carbonyl (C=O) groups is 1. The summed E-state index contributed by atoms with van der Waals surface area (Å²) in [4.78, 5) is 30.4. The number of hydrogen-bond acceptors (Lipinski definition) is 4. The molecule has 1 aliphatic rings. The first-order valence-corrected chi connectivity index (χ1v) is 11.6. The van der Waals surface area contributed by atoms with Crippen LogP contribution in [0.5, 0.6) is 0 Å². The van der Waals surface area contributed by atoms with Crippen LogP contribution in [0.25, 0.3) is 5.69 Å². The zero-order chi connectivity index (χ0) is 22.1. The molecule has 4 rings (SSSR count). The van der Waals surface area contributed by atoms with Gasteiger partial charge in [0.05, 0.1) is 17.1 Å². The molecule has 1 amide bonds. The van der Waals surface area contributed by atoms with Crippen LogP contribution in [0.3, 0.4) is 0 Å². The summed E-state index contributed by atoms with van der Waals surface area (Å²) in [7, 11) is 1.86. The van der Waals surface area contributed by atoms with Crippen LogP contribution in [0.1, 0.15) is 30.5 Å². The zero-order valence-corrected chi connectivity index (χ0v) is 19.2. The monoisotopic (exact) mass is 436 g/mol. The van der Waals surface area contributed by atoms with E-state index in [9.17, 15) is 9.59 Å². The summed E-state index contributed by atoms with van der Waals surface area (Å²) in [6, 6.07) is 17.9. The number of carbonyl (C=O) groups excluding carboxylic acids is 1. The second kappa shape index (κ2) is 8.67. The van der Waals surface area contributed by atoms with E-state index in [0.29, 0.717) is 11.4 Å². The number of hydrogen-bond donors (Lipinski definition) is 0. The lowest BCUT2D eigenvalue weighted by atomic mass is 10.1. The standard InChI is InChI=1S/C24H28N4O2S/c1-5-26(6-2)19-14-12-18(13-15-19)24-27(21(29)16-31-24)22-17(3)25(4)28(23(22)30)20-10-8-7-9-11-20/h7-15,24H,5-6,16H2,1-4H3/t24-/m0/s1. The summed E-state index contributed by atoms with van der Waals surface area (Å²) in [6.07, 6.45) is 0. The topological polar surface area (TPSA) is 50.5 Å². The number of aromatic nitrogens is 2. The molecule has 31 heavy (non-hydrogen) atoms. The van der Waals surface area contributed by atoms with Gasteiger partial charge in [-0.25, -0.2) is 4.68 Å². The molecule has 7 heteroatoms. The molecule has 0 N–H and O–H groups in total. The fraction of sp³-hybridized carbons (Fsp3) is 0.333. The van der Waals surface area contributed by atoms with Crippen LogP contribution >= 0.6 is 11.8 Å². The van der Waals surface area contributed by atoms with Crippen molar-refractivity contribution in [1.82, 2.24) is 9.36 Å². The minimum Gasteiger partial charge on any atom is -0.372 e. The number of rotatable bonds is 6. The minimum absolute atomic E-state index is 0.0335. The average molecular weight is 437 g/mol. The molecule has 2 aromatic carbocycles. The van der Waals surface area contributed by atoms with E-state index in [4.69, 9.17) is 0 Å². The highest BCUT2D eigenvalue weighted by molar-refractivity contribution is 8.00. The Kier molecular flexibility index (Phi) is 5.96. The van der Waals surface area contributed by atoms with Crippen LogP contribution in [-0.2, 0) is 11.8 Å². The molecule has 0 aliphatic carbocycles. The van der Waals surface area contributed by atoms with Crippen molar-refractivity contribution in [1.29, 1.82) is 0 Å². The number of anilines is 2. The molecule has 6 nitrogen and oxygen atoms in total. The van der Waals surface area contributed by atoms with E-state index in [0.717, 1.165) is 35.7 Å². The summed E-state index contributed by atoms with van der Waals surface area (Å²) in [5.74, 6) is 0.329. The summed E-state index contributed by atoms with van der Waals surface area (Å²) in [6.45, 7) is 8.07. The summed E-state index contributed by atoms with van der Waals surface area (Å²) < 4.78 is 3.45. The lowest BCUT2D eigenvalue weighted by Crippen LogP contribution is -2.33. The molecule has 1 aromatic heterocycles. The molecule has 3 aromatic rings. The maximum Gasteiger partial charge on any atom is 0.295 e. The van der Waals surface area contributed by atoms with E-state index in [1.807, 2.05) is 49.0 Å². The van der Waals surface area contributed by atoms with Crippen LogP contribution in [0, 0.1) is 6.92 Å². The minimum atomic E-state index is -0.212. The van der Waals surface area contributed by atoms with Crippen molar-refractivity contribution in [3.8, 4) is 5.69 Å². The SMILES string of the molecule is CCN(CC)c1ccc([C@@H]2SCC(=O)N2c2c(C)n(C)n(-c3ccccc3)c2=O)cc1. The Morgan fingerprint density at radius 2 is 1.65 bits per heavy atom. The number of thioether (sulfide) groups is 1. The Labute approximate surface area is 187 Å². The van der Waals surface area contributed by atoms with Gasteiger partial charge in [-0.05, 0) is 50.6 Å². The van der Waals surface area contributed by atoms with Gasteiger partial charge in [-0.2, -0.15) is 0 Å². The summed E-state index contributed by atoms with van der Waals surface area (Å²) >= 11 is 1.57. The van der Waals surface area contributed by atoms with E-state index in [1.54, 1.807) is 21.3 Å². The quantitative estimate of drug-likeness (QED) is 0.584. The molecular formula is C24H28N4O2S. The second-order valence-electron chi connectivity index (χ2n) is 7.60. The molecule has 0 radical (unpaired) electrons. The summed E-state index contributed by atoms with van der Waals surface area (Å²) in [5.41, 5.74) is 4.03. The van der Waals surface area contributed by atoms with Crippen molar-refractivity contribution in [3.05, 3.63) is 76.2 Å². The van der Waals surface area contributed by atoms with Gasteiger partial charge < -0.3 is 4.90 Å². The van der Waals surface area contributed by atoms with Crippen LogP contribution in [0.4, 0.5) is 11.4 Å². The lowest BCUT2D eigenvalue weighted by Gasteiger charge is -2.25. The lowest BCUT2D eigenvalue weighted by molar-refractivity contribution is -0.115. The number of benzene rings is 2. The Morgan fingerprint density at radius 1 is 1.00 bits per heavy atom. The van der Waals surface area contributed by atoms with Crippen molar-refractivity contribution >= 4 is 29.0 Å². The Morgan fingerprint density at radius 3 is 2.26 bits per heavy atom. The van der Waals surface area contributed by atoms with Crippen molar-refractivity contribution in [2.75, 3.05) is 28.6 Å². The van der Waals surface area contributed by atoms with Gasteiger partial charge in [-0.15, -0.1) is 11.8 Å². The van der Waals surface area contributed by atoms with Gasteiger partial charge in [0.15, 0.2) is 0 Å². The van der Waals surface area contributed by atoms with E-state index in [-0.39, 0.29) is 16.8 Å². The fourth-order valence-corrected chi connectivity index (χ4v) is 5.34. The molecule has 0 spiro atoms.